The maximum Gasteiger partial charge on any atom is 0.0130 e. The summed E-state index contributed by atoms with van der Waals surface area (Å²) >= 11 is 1.95. The summed E-state index contributed by atoms with van der Waals surface area (Å²) in [6, 6.07) is 0.414. The average molecular weight is 161 g/mol. The van der Waals surface area contributed by atoms with Crippen molar-refractivity contribution in [2.24, 2.45) is 5.73 Å². The standard InChI is InChI=1S/C8H19NS/c1-4-5-8(9)6-10-7(2)3/h7-8H,4-6,9H2,1-3H3/t8-/m1/s1. The van der Waals surface area contributed by atoms with Gasteiger partial charge in [0.25, 0.3) is 0 Å². The number of hydrogen-bond donors (Lipinski definition) is 1. The van der Waals surface area contributed by atoms with Crippen LogP contribution in [0.3, 0.4) is 0 Å². The molecule has 0 spiro atoms. The highest BCUT2D eigenvalue weighted by molar-refractivity contribution is 7.99. The molecule has 0 saturated heterocycles. The molecule has 0 aliphatic heterocycles. The summed E-state index contributed by atoms with van der Waals surface area (Å²) in [7, 11) is 0. The second kappa shape index (κ2) is 6.05. The molecule has 0 unspecified atom stereocenters. The van der Waals surface area contributed by atoms with E-state index in [1.54, 1.807) is 0 Å². The zero-order valence-corrected chi connectivity index (χ0v) is 8.08. The lowest BCUT2D eigenvalue weighted by molar-refractivity contribution is 0.660. The largest absolute Gasteiger partial charge is 0.327 e. The monoisotopic (exact) mass is 161 g/mol. The molecule has 0 aromatic carbocycles. The van der Waals surface area contributed by atoms with Crippen molar-refractivity contribution < 1.29 is 0 Å². The van der Waals surface area contributed by atoms with Crippen LogP contribution < -0.4 is 5.73 Å². The summed E-state index contributed by atoms with van der Waals surface area (Å²) in [4.78, 5) is 0. The van der Waals surface area contributed by atoms with Gasteiger partial charge >= 0.3 is 0 Å². The Kier molecular flexibility index (Phi) is 6.24. The molecule has 0 aliphatic rings. The summed E-state index contributed by atoms with van der Waals surface area (Å²) < 4.78 is 0. The Balaban J connectivity index is 3.12. The Morgan fingerprint density at radius 1 is 1.40 bits per heavy atom. The van der Waals surface area contributed by atoms with Crippen LogP contribution in [0.15, 0.2) is 0 Å². The van der Waals surface area contributed by atoms with Crippen molar-refractivity contribution in [3.05, 3.63) is 0 Å². The second-order valence-electron chi connectivity index (χ2n) is 2.93. The number of nitrogens with two attached hydrogens (primary N) is 1. The summed E-state index contributed by atoms with van der Waals surface area (Å²) in [5.74, 6) is 1.12. The SMILES string of the molecule is CCC[C@@H](N)CSC(C)C. The van der Waals surface area contributed by atoms with Gasteiger partial charge in [0.1, 0.15) is 0 Å². The van der Waals surface area contributed by atoms with Gasteiger partial charge in [-0.25, -0.2) is 0 Å². The Hall–Kier alpha value is 0.310. The Bertz CT molecular complexity index is 73.7. The molecule has 0 bridgehead atoms. The molecule has 1 nitrogen and oxygen atoms in total. The van der Waals surface area contributed by atoms with Crippen LogP contribution in [0.4, 0.5) is 0 Å². The van der Waals surface area contributed by atoms with E-state index >= 15 is 0 Å². The van der Waals surface area contributed by atoms with Crippen molar-refractivity contribution in [2.75, 3.05) is 5.75 Å². The van der Waals surface area contributed by atoms with Crippen molar-refractivity contribution >= 4 is 11.8 Å². The molecule has 0 amide bonds. The smallest absolute Gasteiger partial charge is 0.0130 e. The molecule has 10 heavy (non-hydrogen) atoms. The third-order valence-electron chi connectivity index (χ3n) is 1.30. The zero-order chi connectivity index (χ0) is 7.98. The van der Waals surface area contributed by atoms with Crippen LogP contribution in [-0.4, -0.2) is 17.0 Å². The third-order valence-corrected chi connectivity index (χ3v) is 2.59. The first-order valence-corrected chi connectivity index (χ1v) is 5.08. The fourth-order valence-electron chi connectivity index (χ4n) is 0.770. The predicted octanol–water partition coefficient (Wildman–Crippen LogP) is 2.26. The van der Waals surface area contributed by atoms with E-state index in [0.717, 1.165) is 11.0 Å². The Labute approximate surface area is 68.8 Å². The highest BCUT2D eigenvalue weighted by Gasteiger charge is 2.01. The Morgan fingerprint density at radius 3 is 2.40 bits per heavy atom. The van der Waals surface area contributed by atoms with Gasteiger partial charge in [-0.15, -0.1) is 0 Å². The van der Waals surface area contributed by atoms with Gasteiger partial charge in [-0.3, -0.25) is 0 Å². The molecule has 0 radical (unpaired) electrons. The first kappa shape index (κ1) is 10.3. The molecule has 62 valence electrons. The van der Waals surface area contributed by atoms with Crippen LogP contribution >= 0.6 is 11.8 Å². The maximum absolute atomic E-state index is 5.81. The summed E-state index contributed by atoms with van der Waals surface area (Å²) in [6.07, 6.45) is 2.37. The van der Waals surface area contributed by atoms with E-state index in [2.05, 4.69) is 20.8 Å². The predicted molar refractivity (Wildman–Crippen MR) is 50.5 cm³/mol. The fraction of sp³-hybridized carbons (Fsp3) is 1.00. The summed E-state index contributed by atoms with van der Waals surface area (Å²) in [5.41, 5.74) is 5.81. The molecule has 0 rings (SSSR count). The molecule has 0 aromatic heterocycles. The third kappa shape index (κ3) is 6.43. The van der Waals surface area contributed by atoms with Gasteiger partial charge < -0.3 is 5.73 Å². The minimum absolute atomic E-state index is 0.414. The highest BCUT2D eigenvalue weighted by atomic mass is 32.2. The van der Waals surface area contributed by atoms with E-state index in [9.17, 15) is 0 Å². The van der Waals surface area contributed by atoms with Gasteiger partial charge in [0, 0.05) is 11.8 Å². The van der Waals surface area contributed by atoms with E-state index in [0.29, 0.717) is 6.04 Å². The molecule has 2 heteroatoms. The van der Waals surface area contributed by atoms with E-state index in [1.807, 2.05) is 11.8 Å². The van der Waals surface area contributed by atoms with E-state index in [1.165, 1.54) is 12.8 Å². The van der Waals surface area contributed by atoms with Gasteiger partial charge in [0.05, 0.1) is 0 Å². The first-order chi connectivity index (χ1) is 4.66. The van der Waals surface area contributed by atoms with Crippen LogP contribution in [0.2, 0.25) is 0 Å². The molecule has 1 atom stereocenters. The molecular formula is C8H19NS. The Morgan fingerprint density at radius 2 is 2.00 bits per heavy atom. The number of rotatable bonds is 5. The minimum Gasteiger partial charge on any atom is -0.327 e. The van der Waals surface area contributed by atoms with Crippen molar-refractivity contribution in [2.45, 2.75) is 44.9 Å². The van der Waals surface area contributed by atoms with E-state index < -0.39 is 0 Å². The number of thioether (sulfide) groups is 1. The van der Waals surface area contributed by atoms with Crippen molar-refractivity contribution in [3.63, 3.8) is 0 Å². The van der Waals surface area contributed by atoms with Crippen molar-refractivity contribution in [1.82, 2.24) is 0 Å². The van der Waals surface area contributed by atoms with Gasteiger partial charge in [-0.05, 0) is 11.7 Å². The van der Waals surface area contributed by atoms with E-state index in [4.69, 9.17) is 5.73 Å². The molecule has 0 fully saturated rings. The minimum atomic E-state index is 0.414. The topological polar surface area (TPSA) is 26.0 Å². The van der Waals surface area contributed by atoms with Gasteiger partial charge in [-0.2, -0.15) is 11.8 Å². The average Bonchev–Trinajstić information content (AvgIpc) is 1.85. The summed E-state index contributed by atoms with van der Waals surface area (Å²) in [6.45, 7) is 6.60. The van der Waals surface area contributed by atoms with Gasteiger partial charge in [0.15, 0.2) is 0 Å². The lowest BCUT2D eigenvalue weighted by Crippen LogP contribution is -2.23. The molecule has 2 N–H and O–H groups in total. The summed E-state index contributed by atoms with van der Waals surface area (Å²) in [5, 5.41) is 0.725. The number of hydrogen-bond acceptors (Lipinski definition) is 2. The van der Waals surface area contributed by atoms with E-state index in [-0.39, 0.29) is 0 Å². The fourth-order valence-corrected chi connectivity index (χ4v) is 1.57. The maximum atomic E-state index is 5.81. The van der Waals surface area contributed by atoms with Crippen molar-refractivity contribution in [1.29, 1.82) is 0 Å². The van der Waals surface area contributed by atoms with Gasteiger partial charge in [-0.1, -0.05) is 27.2 Å². The van der Waals surface area contributed by atoms with Crippen LogP contribution in [0.25, 0.3) is 0 Å². The molecule has 0 heterocycles. The van der Waals surface area contributed by atoms with Crippen LogP contribution in [0, 0.1) is 0 Å². The molecular weight excluding hydrogens is 142 g/mol. The normalized spacial score (nSPS) is 14.1. The zero-order valence-electron chi connectivity index (χ0n) is 7.26. The van der Waals surface area contributed by atoms with Crippen LogP contribution in [0.5, 0.6) is 0 Å². The molecule has 0 aromatic rings. The molecule has 0 saturated carbocycles. The second-order valence-corrected chi connectivity index (χ2v) is 4.54. The van der Waals surface area contributed by atoms with Gasteiger partial charge in [0.2, 0.25) is 0 Å². The lowest BCUT2D eigenvalue weighted by atomic mass is 10.2. The highest BCUT2D eigenvalue weighted by Crippen LogP contribution is 2.11. The first-order valence-electron chi connectivity index (χ1n) is 4.04. The van der Waals surface area contributed by atoms with Crippen molar-refractivity contribution in [3.8, 4) is 0 Å². The quantitative estimate of drug-likeness (QED) is 0.669. The van der Waals surface area contributed by atoms with Crippen LogP contribution in [-0.2, 0) is 0 Å². The lowest BCUT2D eigenvalue weighted by Gasteiger charge is -2.10. The molecule has 0 aliphatic carbocycles. The van der Waals surface area contributed by atoms with Crippen LogP contribution in [0.1, 0.15) is 33.6 Å².